The molecule has 128 valence electrons. The number of carbonyl (C=O) groups is 1. The quantitative estimate of drug-likeness (QED) is 0.858. The fourth-order valence-electron chi connectivity index (χ4n) is 3.01. The lowest BCUT2D eigenvalue weighted by Gasteiger charge is -2.27. The molecule has 2 rings (SSSR count). The van der Waals surface area contributed by atoms with Gasteiger partial charge in [0.25, 0.3) is 0 Å². The fourth-order valence-corrected chi connectivity index (χ4v) is 4.04. The summed E-state index contributed by atoms with van der Waals surface area (Å²) < 4.78 is 37.1. The molecule has 2 fully saturated rings. The molecule has 2 saturated heterocycles. The van der Waals surface area contributed by atoms with Crippen LogP contribution in [-0.2, 0) is 0 Å². The highest BCUT2D eigenvalue weighted by molar-refractivity contribution is 7.99. The Labute approximate surface area is 133 Å². The second kappa shape index (κ2) is 7.77. The van der Waals surface area contributed by atoms with Crippen molar-refractivity contribution < 1.29 is 18.0 Å². The van der Waals surface area contributed by atoms with Crippen LogP contribution in [0.3, 0.4) is 0 Å². The number of nitrogens with zero attached hydrogens (tertiary/aromatic N) is 2. The smallest absolute Gasteiger partial charge is 0.338 e. The van der Waals surface area contributed by atoms with Crippen LogP contribution in [-0.4, -0.2) is 72.3 Å². The third-order valence-electron chi connectivity index (χ3n) is 4.26. The molecule has 2 aliphatic heterocycles. The molecule has 2 atom stereocenters. The molecule has 0 aromatic rings. The van der Waals surface area contributed by atoms with Crippen LogP contribution in [0.1, 0.15) is 19.8 Å². The van der Waals surface area contributed by atoms with E-state index in [4.69, 9.17) is 0 Å². The lowest BCUT2D eigenvalue weighted by molar-refractivity contribution is -0.143. The summed E-state index contributed by atoms with van der Waals surface area (Å²) in [6.07, 6.45) is -2.44. The summed E-state index contributed by atoms with van der Waals surface area (Å²) in [4.78, 5) is 15.5. The predicted octanol–water partition coefficient (Wildman–Crippen LogP) is 2.41. The zero-order chi connectivity index (χ0) is 16.2. The van der Waals surface area contributed by atoms with E-state index in [0.717, 1.165) is 24.5 Å². The zero-order valence-electron chi connectivity index (χ0n) is 12.9. The van der Waals surface area contributed by atoms with Crippen molar-refractivity contribution in [2.75, 3.05) is 44.2 Å². The normalized spacial score (nSPS) is 27.7. The fraction of sp³-hybridized carbons (Fsp3) is 0.929. The van der Waals surface area contributed by atoms with E-state index in [1.807, 2.05) is 23.6 Å². The van der Waals surface area contributed by atoms with Crippen LogP contribution in [0.5, 0.6) is 0 Å². The second-order valence-electron chi connectivity index (χ2n) is 6.13. The molecule has 0 saturated carbocycles. The van der Waals surface area contributed by atoms with Gasteiger partial charge in [-0.2, -0.15) is 24.9 Å². The maximum atomic E-state index is 12.4. The summed E-state index contributed by atoms with van der Waals surface area (Å²) in [7, 11) is 0. The van der Waals surface area contributed by atoms with Gasteiger partial charge in [-0.25, -0.2) is 4.79 Å². The van der Waals surface area contributed by atoms with Crippen molar-refractivity contribution in [3.8, 4) is 0 Å². The van der Waals surface area contributed by atoms with Crippen LogP contribution in [0, 0.1) is 5.92 Å². The number of likely N-dealkylation sites (tertiary alicyclic amines) is 1. The summed E-state index contributed by atoms with van der Waals surface area (Å²) in [5.74, 6) is 2.13. The van der Waals surface area contributed by atoms with E-state index in [1.165, 1.54) is 4.90 Å². The highest BCUT2D eigenvalue weighted by Crippen LogP contribution is 2.22. The molecule has 0 aliphatic carbocycles. The Morgan fingerprint density at radius 2 is 2.05 bits per heavy atom. The largest absolute Gasteiger partial charge is 0.401 e. The molecule has 2 aliphatic rings. The van der Waals surface area contributed by atoms with Gasteiger partial charge in [0.05, 0.1) is 6.54 Å². The van der Waals surface area contributed by atoms with Crippen LogP contribution in [0.4, 0.5) is 18.0 Å². The van der Waals surface area contributed by atoms with Crippen LogP contribution < -0.4 is 5.32 Å². The maximum Gasteiger partial charge on any atom is 0.401 e. The lowest BCUT2D eigenvalue weighted by atomic mass is 10.1. The summed E-state index contributed by atoms with van der Waals surface area (Å²) >= 11 is 1.85. The number of hydrogen-bond donors (Lipinski definition) is 1. The first-order chi connectivity index (χ1) is 10.3. The van der Waals surface area contributed by atoms with Crippen molar-refractivity contribution in [2.24, 2.45) is 5.92 Å². The minimum Gasteiger partial charge on any atom is -0.338 e. The van der Waals surface area contributed by atoms with Crippen molar-refractivity contribution in [2.45, 2.75) is 32.0 Å². The number of urea groups is 1. The molecular weight excluding hydrogens is 315 g/mol. The van der Waals surface area contributed by atoms with Crippen LogP contribution in [0.15, 0.2) is 0 Å². The number of alkyl halides is 3. The van der Waals surface area contributed by atoms with Gasteiger partial charge in [0.2, 0.25) is 0 Å². The SMILES string of the molecule is C[C@@H]1CCSCCN1C(=O)NC[C@@H]1CCN(CC(F)(F)F)C1. The van der Waals surface area contributed by atoms with Gasteiger partial charge in [-0.1, -0.05) is 0 Å². The molecule has 2 heterocycles. The Balaban J connectivity index is 1.72. The summed E-state index contributed by atoms with van der Waals surface area (Å²) in [6.45, 7) is 3.26. The van der Waals surface area contributed by atoms with E-state index in [0.29, 0.717) is 26.1 Å². The number of carbonyl (C=O) groups excluding carboxylic acids is 1. The van der Waals surface area contributed by atoms with Gasteiger partial charge in [-0.15, -0.1) is 0 Å². The summed E-state index contributed by atoms with van der Waals surface area (Å²) in [5.41, 5.74) is 0. The molecule has 0 unspecified atom stereocenters. The summed E-state index contributed by atoms with van der Waals surface area (Å²) in [6, 6.07) is 0.143. The van der Waals surface area contributed by atoms with Crippen LogP contribution >= 0.6 is 11.8 Å². The van der Waals surface area contributed by atoms with E-state index in [9.17, 15) is 18.0 Å². The van der Waals surface area contributed by atoms with Gasteiger partial charge in [-0.05, 0) is 38.0 Å². The lowest BCUT2D eigenvalue weighted by Crippen LogP contribution is -2.47. The number of rotatable bonds is 3. The Kier molecular flexibility index (Phi) is 6.26. The van der Waals surface area contributed by atoms with Crippen LogP contribution in [0.2, 0.25) is 0 Å². The minimum atomic E-state index is -4.14. The van der Waals surface area contributed by atoms with Crippen molar-refractivity contribution in [3.05, 3.63) is 0 Å². The molecule has 0 aromatic carbocycles. The Morgan fingerprint density at radius 1 is 1.27 bits per heavy atom. The van der Waals surface area contributed by atoms with Gasteiger partial charge >= 0.3 is 12.2 Å². The number of thioether (sulfide) groups is 1. The highest BCUT2D eigenvalue weighted by atomic mass is 32.2. The number of amides is 2. The minimum absolute atomic E-state index is 0.0794. The Bertz CT molecular complexity index is 381. The molecule has 0 spiro atoms. The van der Waals surface area contributed by atoms with Crippen LogP contribution in [0.25, 0.3) is 0 Å². The Morgan fingerprint density at radius 3 is 2.77 bits per heavy atom. The molecule has 0 aromatic heterocycles. The van der Waals surface area contributed by atoms with Gasteiger partial charge < -0.3 is 10.2 Å². The van der Waals surface area contributed by atoms with E-state index >= 15 is 0 Å². The van der Waals surface area contributed by atoms with Crippen molar-refractivity contribution >= 4 is 17.8 Å². The van der Waals surface area contributed by atoms with E-state index in [1.54, 1.807) is 0 Å². The predicted molar refractivity (Wildman–Crippen MR) is 82.1 cm³/mol. The first kappa shape index (κ1) is 17.7. The molecule has 4 nitrogen and oxygen atoms in total. The van der Waals surface area contributed by atoms with Gasteiger partial charge in [0.1, 0.15) is 0 Å². The van der Waals surface area contributed by atoms with E-state index in [2.05, 4.69) is 5.32 Å². The van der Waals surface area contributed by atoms with Gasteiger partial charge in [-0.3, -0.25) is 4.90 Å². The third kappa shape index (κ3) is 5.53. The van der Waals surface area contributed by atoms with Gasteiger partial charge in [0.15, 0.2) is 0 Å². The molecule has 22 heavy (non-hydrogen) atoms. The monoisotopic (exact) mass is 339 g/mol. The standard InChI is InChI=1S/C14H24F3N3OS/c1-11-3-6-22-7-5-20(11)13(21)18-8-12-2-4-19(9-12)10-14(15,16)17/h11-12H,2-10H2,1H3,(H,18,21)/t11-,12+/m1/s1. The first-order valence-electron chi connectivity index (χ1n) is 7.76. The maximum absolute atomic E-state index is 12.4. The third-order valence-corrected chi connectivity index (χ3v) is 5.26. The van der Waals surface area contributed by atoms with E-state index in [-0.39, 0.29) is 18.0 Å². The number of hydrogen-bond acceptors (Lipinski definition) is 3. The van der Waals surface area contributed by atoms with Gasteiger partial charge in [0, 0.05) is 31.4 Å². The second-order valence-corrected chi connectivity index (χ2v) is 7.36. The molecule has 1 N–H and O–H groups in total. The average molecular weight is 339 g/mol. The summed E-state index contributed by atoms with van der Waals surface area (Å²) in [5, 5.41) is 2.91. The molecule has 0 radical (unpaired) electrons. The molecule has 0 bridgehead atoms. The Hall–Kier alpha value is -0.630. The number of halogens is 3. The highest BCUT2D eigenvalue weighted by Gasteiger charge is 2.34. The molecular formula is C14H24F3N3OS. The van der Waals surface area contributed by atoms with E-state index < -0.39 is 12.7 Å². The topological polar surface area (TPSA) is 35.6 Å². The first-order valence-corrected chi connectivity index (χ1v) is 8.92. The number of nitrogens with one attached hydrogen (secondary N) is 1. The van der Waals surface area contributed by atoms with Crippen molar-refractivity contribution in [1.82, 2.24) is 15.1 Å². The molecule has 8 heteroatoms. The molecule has 2 amide bonds. The average Bonchev–Trinajstić information content (AvgIpc) is 2.73. The van der Waals surface area contributed by atoms with Crippen molar-refractivity contribution in [3.63, 3.8) is 0 Å². The van der Waals surface area contributed by atoms with Crippen molar-refractivity contribution in [1.29, 1.82) is 0 Å². The zero-order valence-corrected chi connectivity index (χ0v) is 13.7.